The minimum absolute atomic E-state index is 0.0660. The first-order valence-electron chi connectivity index (χ1n) is 6.65. The second-order valence-electron chi connectivity index (χ2n) is 4.44. The molecule has 0 spiro atoms. The molecule has 0 aliphatic heterocycles. The third-order valence-electron chi connectivity index (χ3n) is 2.97. The summed E-state index contributed by atoms with van der Waals surface area (Å²) < 4.78 is 28.2. The lowest BCUT2D eigenvalue weighted by molar-refractivity contribution is 0.340. The second kappa shape index (κ2) is 7.50. The highest BCUT2D eigenvalue weighted by Crippen LogP contribution is 2.19. The third kappa shape index (κ3) is 5.61. The van der Waals surface area contributed by atoms with Crippen molar-refractivity contribution >= 4 is 9.84 Å². The Bertz CT molecular complexity index is 485. The Hall–Kier alpha value is -1.07. The summed E-state index contributed by atoms with van der Waals surface area (Å²) >= 11 is 0. The minimum atomic E-state index is -2.96. The average Bonchev–Trinajstić information content (AvgIpc) is 2.39. The fourth-order valence-electron chi connectivity index (χ4n) is 1.73. The molecule has 1 N–H and O–H groups in total. The summed E-state index contributed by atoms with van der Waals surface area (Å²) in [6, 6.07) is 8.01. The van der Waals surface area contributed by atoms with E-state index in [0.29, 0.717) is 5.75 Å². The van der Waals surface area contributed by atoms with Gasteiger partial charge in [0.25, 0.3) is 0 Å². The van der Waals surface area contributed by atoms with Gasteiger partial charge < -0.3 is 10.1 Å². The molecule has 1 atom stereocenters. The van der Waals surface area contributed by atoms with Gasteiger partial charge in [0.2, 0.25) is 0 Å². The molecule has 0 amide bonds. The van der Waals surface area contributed by atoms with Crippen LogP contribution in [0.5, 0.6) is 5.75 Å². The molecule has 1 aromatic rings. The van der Waals surface area contributed by atoms with Crippen molar-refractivity contribution in [2.45, 2.75) is 26.8 Å². The van der Waals surface area contributed by atoms with Crippen molar-refractivity contribution < 1.29 is 13.2 Å². The van der Waals surface area contributed by atoms with Crippen LogP contribution in [0.2, 0.25) is 0 Å². The van der Waals surface area contributed by atoms with Crippen LogP contribution in [-0.4, -0.2) is 33.1 Å². The van der Waals surface area contributed by atoms with Crippen molar-refractivity contribution in [2.24, 2.45) is 0 Å². The molecule has 108 valence electrons. The minimum Gasteiger partial charge on any atom is -0.493 e. The van der Waals surface area contributed by atoms with E-state index in [1.54, 1.807) is 6.92 Å². The molecule has 0 aliphatic carbocycles. The summed E-state index contributed by atoms with van der Waals surface area (Å²) in [6.45, 7) is 6.90. The van der Waals surface area contributed by atoms with E-state index < -0.39 is 9.84 Å². The monoisotopic (exact) mass is 285 g/mol. The van der Waals surface area contributed by atoms with Gasteiger partial charge in [-0.15, -0.1) is 0 Å². The van der Waals surface area contributed by atoms with Gasteiger partial charge in [-0.3, -0.25) is 0 Å². The molecule has 0 saturated heterocycles. The summed E-state index contributed by atoms with van der Waals surface area (Å²) in [4.78, 5) is 0. The van der Waals surface area contributed by atoms with Crippen LogP contribution in [0.15, 0.2) is 24.3 Å². The standard InChI is InChI=1S/C14H23NO3S/c1-4-15-12(3)13-7-6-8-14(11-13)18-9-10-19(16,17)5-2/h6-8,11-12,15H,4-5,9-10H2,1-3H3. The van der Waals surface area contributed by atoms with Crippen molar-refractivity contribution in [1.82, 2.24) is 5.32 Å². The summed E-state index contributed by atoms with van der Waals surface area (Å²) in [7, 11) is -2.96. The Balaban J connectivity index is 2.58. The number of hydrogen-bond acceptors (Lipinski definition) is 4. The predicted octanol–water partition coefficient (Wildman–Crippen LogP) is 2.17. The molecule has 5 heteroatoms. The molecule has 0 fully saturated rings. The first kappa shape index (κ1) is 16.0. The molecule has 0 saturated carbocycles. The van der Waals surface area contributed by atoms with Crippen LogP contribution in [-0.2, 0) is 9.84 Å². The highest BCUT2D eigenvalue weighted by atomic mass is 32.2. The molecule has 4 nitrogen and oxygen atoms in total. The van der Waals surface area contributed by atoms with Gasteiger partial charge >= 0.3 is 0 Å². The number of rotatable bonds is 8. The Morgan fingerprint density at radius 1 is 1.32 bits per heavy atom. The van der Waals surface area contributed by atoms with E-state index in [0.717, 1.165) is 12.1 Å². The van der Waals surface area contributed by atoms with Crippen LogP contribution in [0.3, 0.4) is 0 Å². The third-order valence-corrected chi connectivity index (χ3v) is 4.64. The zero-order chi connectivity index (χ0) is 14.3. The number of sulfone groups is 1. The first-order chi connectivity index (χ1) is 8.98. The van der Waals surface area contributed by atoms with Crippen molar-refractivity contribution in [3.05, 3.63) is 29.8 Å². The SMILES string of the molecule is CCNC(C)c1cccc(OCCS(=O)(=O)CC)c1. The highest BCUT2D eigenvalue weighted by Gasteiger charge is 2.08. The summed E-state index contributed by atoms with van der Waals surface area (Å²) in [5, 5.41) is 3.33. The summed E-state index contributed by atoms with van der Waals surface area (Å²) in [6.07, 6.45) is 0. The maximum atomic E-state index is 11.4. The molecule has 1 unspecified atom stereocenters. The van der Waals surface area contributed by atoms with Gasteiger partial charge in [0, 0.05) is 11.8 Å². The van der Waals surface area contributed by atoms with Gasteiger partial charge in [0.1, 0.15) is 12.4 Å². The van der Waals surface area contributed by atoms with Crippen molar-refractivity contribution in [1.29, 1.82) is 0 Å². The maximum absolute atomic E-state index is 11.4. The van der Waals surface area contributed by atoms with Crippen molar-refractivity contribution in [2.75, 3.05) is 24.7 Å². The van der Waals surface area contributed by atoms with Crippen LogP contribution in [0.1, 0.15) is 32.4 Å². The Morgan fingerprint density at radius 2 is 2.05 bits per heavy atom. The van der Waals surface area contributed by atoms with Gasteiger partial charge in [-0.2, -0.15) is 0 Å². The van der Waals surface area contributed by atoms with Gasteiger partial charge in [-0.25, -0.2) is 8.42 Å². The zero-order valence-electron chi connectivity index (χ0n) is 11.8. The lowest BCUT2D eigenvalue weighted by Gasteiger charge is -2.14. The molecule has 0 heterocycles. The van der Waals surface area contributed by atoms with Crippen LogP contribution in [0, 0.1) is 0 Å². The van der Waals surface area contributed by atoms with E-state index in [9.17, 15) is 8.42 Å². The van der Waals surface area contributed by atoms with Crippen LogP contribution < -0.4 is 10.1 Å². The molecule has 19 heavy (non-hydrogen) atoms. The van der Waals surface area contributed by atoms with Crippen LogP contribution in [0.25, 0.3) is 0 Å². The molecular weight excluding hydrogens is 262 g/mol. The van der Waals surface area contributed by atoms with E-state index in [1.165, 1.54) is 0 Å². The van der Waals surface area contributed by atoms with Crippen molar-refractivity contribution in [3.63, 3.8) is 0 Å². The fourth-order valence-corrected chi connectivity index (χ4v) is 2.35. The molecular formula is C14H23NO3S. The highest BCUT2D eigenvalue weighted by molar-refractivity contribution is 7.91. The summed E-state index contributed by atoms with van der Waals surface area (Å²) in [5.74, 6) is 0.943. The number of ether oxygens (including phenoxy) is 1. The average molecular weight is 285 g/mol. The quantitative estimate of drug-likeness (QED) is 0.795. The predicted molar refractivity (Wildman–Crippen MR) is 78.4 cm³/mol. The maximum Gasteiger partial charge on any atom is 0.153 e. The number of nitrogens with one attached hydrogen (secondary N) is 1. The molecule has 1 rings (SSSR count). The molecule has 1 aromatic carbocycles. The Kier molecular flexibility index (Phi) is 6.31. The topological polar surface area (TPSA) is 55.4 Å². The zero-order valence-corrected chi connectivity index (χ0v) is 12.7. The first-order valence-corrected chi connectivity index (χ1v) is 8.47. The largest absolute Gasteiger partial charge is 0.493 e. The van der Waals surface area contributed by atoms with E-state index in [1.807, 2.05) is 24.3 Å². The second-order valence-corrected chi connectivity index (χ2v) is 6.91. The Morgan fingerprint density at radius 3 is 2.68 bits per heavy atom. The lowest BCUT2D eigenvalue weighted by atomic mass is 10.1. The van der Waals surface area contributed by atoms with Gasteiger partial charge in [-0.1, -0.05) is 26.0 Å². The van der Waals surface area contributed by atoms with Gasteiger partial charge in [0.05, 0.1) is 5.75 Å². The molecule has 0 aliphatic rings. The molecule has 0 aromatic heterocycles. The van der Waals surface area contributed by atoms with Gasteiger partial charge in [-0.05, 0) is 31.2 Å². The normalized spacial score (nSPS) is 13.2. The molecule has 0 bridgehead atoms. The summed E-state index contributed by atoms with van der Waals surface area (Å²) in [5.41, 5.74) is 1.14. The smallest absolute Gasteiger partial charge is 0.153 e. The van der Waals surface area contributed by atoms with Crippen molar-refractivity contribution in [3.8, 4) is 5.75 Å². The number of benzene rings is 1. The van der Waals surface area contributed by atoms with Gasteiger partial charge in [0.15, 0.2) is 9.84 Å². The number of hydrogen-bond donors (Lipinski definition) is 1. The van der Waals surface area contributed by atoms with E-state index in [4.69, 9.17) is 4.74 Å². The van der Waals surface area contributed by atoms with Crippen LogP contribution in [0.4, 0.5) is 0 Å². The molecule has 0 radical (unpaired) electrons. The lowest BCUT2D eigenvalue weighted by Crippen LogP contribution is -2.18. The fraction of sp³-hybridized carbons (Fsp3) is 0.571. The van der Waals surface area contributed by atoms with Crippen LogP contribution >= 0.6 is 0 Å². The van der Waals surface area contributed by atoms with E-state index in [2.05, 4.69) is 19.2 Å². The van der Waals surface area contributed by atoms with E-state index in [-0.39, 0.29) is 24.2 Å². The van der Waals surface area contributed by atoms with E-state index >= 15 is 0 Å². The Labute approximate surface area is 116 Å².